The van der Waals surface area contributed by atoms with Crippen molar-refractivity contribution in [1.82, 2.24) is 0 Å². The van der Waals surface area contributed by atoms with Gasteiger partial charge in [0.25, 0.3) is 0 Å². The number of sulfone groups is 1. The average molecular weight is 270 g/mol. The Morgan fingerprint density at radius 2 is 2.00 bits per heavy atom. The van der Waals surface area contributed by atoms with Gasteiger partial charge in [-0.3, -0.25) is 0 Å². The van der Waals surface area contributed by atoms with Gasteiger partial charge in [0, 0.05) is 6.04 Å². The second-order valence-corrected chi connectivity index (χ2v) is 6.80. The van der Waals surface area contributed by atoms with Gasteiger partial charge in [-0.25, -0.2) is 8.42 Å². The third-order valence-electron chi connectivity index (χ3n) is 3.20. The van der Waals surface area contributed by atoms with E-state index in [2.05, 4.69) is 5.32 Å². The summed E-state index contributed by atoms with van der Waals surface area (Å²) in [5.41, 5.74) is 7.33. The molecule has 6 heteroatoms. The zero-order valence-corrected chi connectivity index (χ0v) is 11.2. The third kappa shape index (κ3) is 2.87. The lowest BCUT2D eigenvalue weighted by molar-refractivity contribution is 0.417. The molecule has 3 N–H and O–H groups in total. The number of nitrogens with one attached hydrogen (secondary N) is 1. The van der Waals surface area contributed by atoms with Gasteiger partial charge < -0.3 is 15.8 Å². The van der Waals surface area contributed by atoms with Gasteiger partial charge in [-0.2, -0.15) is 0 Å². The van der Waals surface area contributed by atoms with Crippen LogP contribution in [0.4, 0.5) is 11.4 Å². The van der Waals surface area contributed by atoms with E-state index in [0.717, 1.165) is 5.69 Å². The molecule has 0 aromatic heterocycles. The molecule has 1 aliphatic heterocycles. The van der Waals surface area contributed by atoms with Crippen molar-refractivity contribution >= 4 is 21.2 Å². The molecule has 0 bridgehead atoms. The van der Waals surface area contributed by atoms with E-state index < -0.39 is 9.84 Å². The lowest BCUT2D eigenvalue weighted by Crippen LogP contribution is -2.32. The molecule has 1 aliphatic rings. The molecule has 1 heterocycles. The van der Waals surface area contributed by atoms with Crippen LogP contribution in [0.1, 0.15) is 12.8 Å². The maximum atomic E-state index is 11.3. The number of benzene rings is 1. The molecule has 5 nitrogen and oxygen atoms in total. The molecule has 1 saturated heterocycles. The van der Waals surface area contributed by atoms with Gasteiger partial charge in [0.05, 0.1) is 30.0 Å². The molecule has 0 spiro atoms. The Morgan fingerprint density at radius 1 is 1.33 bits per heavy atom. The van der Waals surface area contributed by atoms with Crippen LogP contribution in [-0.4, -0.2) is 33.1 Å². The Balaban J connectivity index is 2.07. The van der Waals surface area contributed by atoms with Gasteiger partial charge in [0.1, 0.15) is 15.6 Å². The predicted molar refractivity (Wildman–Crippen MR) is 72.7 cm³/mol. The molecular weight excluding hydrogens is 252 g/mol. The van der Waals surface area contributed by atoms with E-state index in [1.165, 1.54) is 0 Å². The van der Waals surface area contributed by atoms with Gasteiger partial charge in [-0.1, -0.05) is 6.07 Å². The molecule has 0 atom stereocenters. The fourth-order valence-corrected chi connectivity index (χ4v) is 3.59. The maximum absolute atomic E-state index is 11.3. The van der Waals surface area contributed by atoms with Crippen molar-refractivity contribution in [1.29, 1.82) is 0 Å². The third-order valence-corrected chi connectivity index (χ3v) is 4.92. The standard InChI is InChI=1S/C12H18N2O3S/c1-17-11-4-2-3-10(12(11)13)14-9-5-7-18(15,16)8-6-9/h2-4,9,14H,5-8,13H2,1H3. The number of anilines is 2. The molecule has 1 fully saturated rings. The predicted octanol–water partition coefficient (Wildman–Crippen LogP) is 1.27. The van der Waals surface area contributed by atoms with Crippen molar-refractivity contribution in [3.05, 3.63) is 18.2 Å². The van der Waals surface area contributed by atoms with Crippen molar-refractivity contribution in [3.8, 4) is 5.75 Å². The highest BCUT2D eigenvalue weighted by molar-refractivity contribution is 7.91. The minimum absolute atomic E-state index is 0.155. The van der Waals surface area contributed by atoms with E-state index in [0.29, 0.717) is 24.3 Å². The minimum Gasteiger partial charge on any atom is -0.495 e. The number of para-hydroxylation sites is 1. The number of methoxy groups -OCH3 is 1. The van der Waals surface area contributed by atoms with Crippen LogP contribution in [0, 0.1) is 0 Å². The molecule has 0 amide bonds. The van der Waals surface area contributed by atoms with Crippen LogP contribution >= 0.6 is 0 Å². The summed E-state index contributed by atoms with van der Waals surface area (Å²) in [5, 5.41) is 3.29. The first-order valence-electron chi connectivity index (χ1n) is 5.91. The van der Waals surface area contributed by atoms with Crippen LogP contribution in [0.2, 0.25) is 0 Å². The van der Waals surface area contributed by atoms with Crippen LogP contribution in [0.3, 0.4) is 0 Å². The summed E-state index contributed by atoms with van der Waals surface area (Å²) >= 11 is 0. The van der Waals surface area contributed by atoms with Crippen molar-refractivity contribution in [2.45, 2.75) is 18.9 Å². The first kappa shape index (κ1) is 13.0. The van der Waals surface area contributed by atoms with Crippen LogP contribution in [-0.2, 0) is 9.84 Å². The summed E-state index contributed by atoms with van der Waals surface area (Å²) in [4.78, 5) is 0. The topological polar surface area (TPSA) is 81.4 Å². The van der Waals surface area contributed by atoms with Gasteiger partial charge in [-0.15, -0.1) is 0 Å². The Hall–Kier alpha value is -1.43. The van der Waals surface area contributed by atoms with Crippen molar-refractivity contribution in [2.24, 2.45) is 0 Å². The molecule has 1 aromatic rings. The number of ether oxygens (including phenoxy) is 1. The normalized spacial score (nSPS) is 19.4. The SMILES string of the molecule is COc1cccc(NC2CCS(=O)(=O)CC2)c1N. The largest absolute Gasteiger partial charge is 0.495 e. The Morgan fingerprint density at radius 3 is 2.61 bits per heavy atom. The smallest absolute Gasteiger partial charge is 0.150 e. The van der Waals surface area contributed by atoms with E-state index in [4.69, 9.17) is 10.5 Å². The van der Waals surface area contributed by atoms with Crippen molar-refractivity contribution in [3.63, 3.8) is 0 Å². The lowest BCUT2D eigenvalue weighted by atomic mass is 10.1. The van der Waals surface area contributed by atoms with E-state index in [1.807, 2.05) is 12.1 Å². The van der Waals surface area contributed by atoms with Crippen LogP contribution in [0.15, 0.2) is 18.2 Å². The summed E-state index contributed by atoms with van der Waals surface area (Å²) in [5.74, 6) is 1.12. The number of rotatable bonds is 3. The maximum Gasteiger partial charge on any atom is 0.150 e. The van der Waals surface area contributed by atoms with E-state index in [9.17, 15) is 8.42 Å². The summed E-state index contributed by atoms with van der Waals surface area (Å²) < 4.78 is 27.8. The fourth-order valence-electron chi connectivity index (χ4n) is 2.10. The molecule has 0 radical (unpaired) electrons. The summed E-state index contributed by atoms with van der Waals surface area (Å²) in [6.45, 7) is 0. The van der Waals surface area contributed by atoms with E-state index in [1.54, 1.807) is 13.2 Å². The highest BCUT2D eigenvalue weighted by Crippen LogP contribution is 2.30. The van der Waals surface area contributed by atoms with Gasteiger partial charge >= 0.3 is 0 Å². The fraction of sp³-hybridized carbons (Fsp3) is 0.500. The molecule has 18 heavy (non-hydrogen) atoms. The van der Waals surface area contributed by atoms with E-state index in [-0.39, 0.29) is 17.5 Å². The van der Waals surface area contributed by atoms with Crippen molar-refractivity contribution < 1.29 is 13.2 Å². The van der Waals surface area contributed by atoms with E-state index >= 15 is 0 Å². The number of nitrogens with two attached hydrogens (primary N) is 1. The first-order valence-corrected chi connectivity index (χ1v) is 7.73. The molecule has 100 valence electrons. The second kappa shape index (κ2) is 5.06. The molecule has 1 aromatic carbocycles. The molecule has 2 rings (SSSR count). The monoisotopic (exact) mass is 270 g/mol. The van der Waals surface area contributed by atoms with Crippen LogP contribution in [0.5, 0.6) is 5.75 Å². The molecule has 0 saturated carbocycles. The quantitative estimate of drug-likeness (QED) is 0.808. The Kier molecular flexibility index (Phi) is 3.65. The zero-order valence-electron chi connectivity index (χ0n) is 10.3. The number of hydrogen-bond acceptors (Lipinski definition) is 5. The highest BCUT2D eigenvalue weighted by Gasteiger charge is 2.23. The number of hydrogen-bond donors (Lipinski definition) is 2. The summed E-state index contributed by atoms with van der Waals surface area (Å²) in [6, 6.07) is 5.69. The molecule has 0 unspecified atom stereocenters. The first-order chi connectivity index (χ1) is 8.52. The van der Waals surface area contributed by atoms with Gasteiger partial charge in [-0.05, 0) is 25.0 Å². The number of nitrogen functional groups attached to an aromatic ring is 1. The second-order valence-electron chi connectivity index (χ2n) is 4.49. The molecular formula is C12H18N2O3S. The lowest BCUT2D eigenvalue weighted by Gasteiger charge is -2.25. The van der Waals surface area contributed by atoms with Gasteiger partial charge in [0.15, 0.2) is 0 Å². The zero-order chi connectivity index (χ0) is 13.2. The minimum atomic E-state index is -2.83. The van der Waals surface area contributed by atoms with Gasteiger partial charge in [0.2, 0.25) is 0 Å². The Bertz CT molecular complexity index is 514. The van der Waals surface area contributed by atoms with Crippen molar-refractivity contribution in [2.75, 3.05) is 29.7 Å². The molecule has 0 aliphatic carbocycles. The average Bonchev–Trinajstić information content (AvgIpc) is 2.34. The van der Waals surface area contributed by atoms with Crippen LogP contribution < -0.4 is 15.8 Å². The highest BCUT2D eigenvalue weighted by atomic mass is 32.2. The summed E-state index contributed by atoms with van der Waals surface area (Å²) in [7, 11) is -1.25. The summed E-state index contributed by atoms with van der Waals surface area (Å²) in [6.07, 6.45) is 1.25. The van der Waals surface area contributed by atoms with Crippen LogP contribution in [0.25, 0.3) is 0 Å². The Labute approximate surface area is 107 Å².